The van der Waals surface area contributed by atoms with Gasteiger partial charge in [0.2, 0.25) is 0 Å². The minimum atomic E-state index is 0.561. The summed E-state index contributed by atoms with van der Waals surface area (Å²) in [7, 11) is 0. The molecule has 6 nitrogen and oxygen atoms in total. The Labute approximate surface area is 349 Å². The molecule has 0 atom stereocenters. The van der Waals surface area contributed by atoms with Crippen molar-refractivity contribution in [2.75, 3.05) is 0 Å². The fraction of sp³-hybridized carbons (Fsp3) is 0. The summed E-state index contributed by atoms with van der Waals surface area (Å²) in [6.45, 7) is 0. The van der Waals surface area contributed by atoms with Crippen LogP contribution in [0.2, 0.25) is 0 Å². The van der Waals surface area contributed by atoms with Crippen molar-refractivity contribution in [3.8, 4) is 45.5 Å². The largest absolute Gasteiger partial charge is 0.456 e. The first kappa shape index (κ1) is 33.6. The molecule has 0 saturated heterocycles. The molecule has 0 radical (unpaired) electrons. The highest BCUT2D eigenvalue weighted by atomic mass is 16.3. The fourth-order valence-electron chi connectivity index (χ4n) is 9.37. The summed E-state index contributed by atoms with van der Waals surface area (Å²) in [5, 5.41) is 9.15. The second-order valence-electron chi connectivity index (χ2n) is 15.6. The first-order valence-electron chi connectivity index (χ1n) is 20.5. The van der Waals surface area contributed by atoms with Crippen molar-refractivity contribution in [3.63, 3.8) is 0 Å². The molecule has 4 heterocycles. The third-order valence-electron chi connectivity index (χ3n) is 12.1. The molecule has 6 heteroatoms. The van der Waals surface area contributed by atoms with Crippen LogP contribution in [-0.2, 0) is 0 Å². The van der Waals surface area contributed by atoms with Crippen LogP contribution in [0.3, 0.4) is 0 Å². The Bertz CT molecular complexity index is 3880. The molecule has 0 N–H and O–H groups in total. The number of furan rings is 1. The smallest absolute Gasteiger partial charge is 0.164 e. The number of fused-ring (bicyclic) bond motifs is 10. The lowest BCUT2D eigenvalue weighted by Gasteiger charge is -2.13. The highest BCUT2D eigenvalue weighted by Gasteiger charge is 2.22. The van der Waals surface area contributed by atoms with E-state index in [1.165, 1.54) is 26.9 Å². The van der Waals surface area contributed by atoms with Crippen LogP contribution in [-0.4, -0.2) is 24.1 Å². The molecule has 0 aliphatic carbocycles. The van der Waals surface area contributed by atoms with Crippen LogP contribution >= 0.6 is 0 Å². The molecule has 284 valence electrons. The SMILES string of the molecule is c1ccc(-c2nc(-c3cc(-n4c5ccccc5c5cc6ccccc6cc54)c4c(c3)oc3ccccc34)nc(-c3ccc4c(c3)c3ccccc3n4-c3ccccc3)n2)cc1. The molecule has 0 aliphatic heterocycles. The maximum Gasteiger partial charge on any atom is 0.164 e. The van der Waals surface area contributed by atoms with Gasteiger partial charge in [-0.2, -0.15) is 0 Å². The van der Waals surface area contributed by atoms with Crippen molar-refractivity contribution in [1.82, 2.24) is 24.1 Å². The molecular weight excluding hydrogens is 747 g/mol. The van der Waals surface area contributed by atoms with Crippen LogP contribution in [0.4, 0.5) is 0 Å². The van der Waals surface area contributed by atoms with Gasteiger partial charge in [0.05, 0.1) is 33.1 Å². The monoisotopic (exact) mass is 779 g/mol. The van der Waals surface area contributed by atoms with Gasteiger partial charge in [-0.25, -0.2) is 15.0 Å². The van der Waals surface area contributed by atoms with Gasteiger partial charge >= 0.3 is 0 Å². The first-order chi connectivity index (χ1) is 30.2. The standard InChI is InChI=1S/C55H33N5O/c1-3-15-34(16-4-1)53-56-54(37-27-28-47-43(30-37)40-21-9-12-24-45(40)59(47)39-19-5-2-6-20-39)58-55(57-53)38-32-49(52-42-23-11-14-26-50(42)61-51(52)33-38)60-46-25-13-10-22-41(46)44-29-35-17-7-8-18-36(35)31-48(44)60/h1-33H. The topological polar surface area (TPSA) is 61.7 Å². The zero-order valence-electron chi connectivity index (χ0n) is 32.7. The normalized spacial score (nSPS) is 11.9. The maximum absolute atomic E-state index is 6.72. The zero-order chi connectivity index (χ0) is 40.0. The van der Waals surface area contributed by atoms with Gasteiger partial charge in [0, 0.05) is 49.3 Å². The van der Waals surface area contributed by atoms with Crippen LogP contribution in [0.1, 0.15) is 0 Å². The van der Waals surface area contributed by atoms with Gasteiger partial charge < -0.3 is 13.6 Å². The van der Waals surface area contributed by atoms with E-state index in [1.54, 1.807) is 0 Å². The maximum atomic E-state index is 6.72. The molecule has 0 bridgehead atoms. The summed E-state index contributed by atoms with van der Waals surface area (Å²) in [5.74, 6) is 1.75. The average molecular weight is 780 g/mol. The minimum absolute atomic E-state index is 0.561. The predicted molar refractivity (Wildman–Crippen MR) is 250 cm³/mol. The summed E-state index contributed by atoms with van der Waals surface area (Å²) < 4.78 is 11.4. The minimum Gasteiger partial charge on any atom is -0.456 e. The van der Waals surface area contributed by atoms with E-state index in [0.717, 1.165) is 77.5 Å². The number of nitrogens with zero attached hydrogens (tertiary/aromatic N) is 5. The molecule has 61 heavy (non-hydrogen) atoms. The lowest BCUT2D eigenvalue weighted by Crippen LogP contribution is -2.01. The van der Waals surface area contributed by atoms with Crippen molar-refractivity contribution in [2.45, 2.75) is 0 Å². The van der Waals surface area contributed by atoms with Gasteiger partial charge in [0.15, 0.2) is 17.5 Å². The third kappa shape index (κ3) is 5.19. The quantitative estimate of drug-likeness (QED) is 0.175. The van der Waals surface area contributed by atoms with Crippen LogP contribution in [0.25, 0.3) is 122 Å². The van der Waals surface area contributed by atoms with Crippen molar-refractivity contribution in [1.29, 1.82) is 0 Å². The van der Waals surface area contributed by atoms with Gasteiger partial charge in [0.1, 0.15) is 11.2 Å². The van der Waals surface area contributed by atoms with Crippen LogP contribution in [0.5, 0.6) is 0 Å². The Kier molecular flexibility index (Phi) is 7.21. The van der Waals surface area contributed by atoms with E-state index >= 15 is 0 Å². The summed E-state index contributed by atoms with van der Waals surface area (Å²) >= 11 is 0. The summed E-state index contributed by atoms with van der Waals surface area (Å²) in [6.07, 6.45) is 0. The van der Waals surface area contributed by atoms with E-state index in [1.807, 2.05) is 30.3 Å². The second kappa shape index (κ2) is 13.1. The Balaban J connectivity index is 1.08. The van der Waals surface area contributed by atoms with E-state index in [2.05, 4.69) is 179 Å². The van der Waals surface area contributed by atoms with Crippen molar-refractivity contribution in [2.24, 2.45) is 0 Å². The Morgan fingerprint density at radius 2 is 0.885 bits per heavy atom. The summed E-state index contributed by atoms with van der Waals surface area (Å²) in [6, 6.07) is 70.3. The van der Waals surface area contributed by atoms with Gasteiger partial charge in [0.25, 0.3) is 0 Å². The van der Waals surface area contributed by atoms with Crippen LogP contribution < -0.4 is 0 Å². The number of hydrogen-bond acceptors (Lipinski definition) is 4. The third-order valence-corrected chi connectivity index (χ3v) is 12.1. The van der Waals surface area contributed by atoms with E-state index in [9.17, 15) is 0 Å². The van der Waals surface area contributed by atoms with Gasteiger partial charge in [-0.1, -0.05) is 127 Å². The molecule has 0 unspecified atom stereocenters. The van der Waals surface area contributed by atoms with Gasteiger partial charge in [-0.3, -0.25) is 0 Å². The lowest BCUT2D eigenvalue weighted by atomic mass is 10.0. The molecule has 13 aromatic rings. The Morgan fingerprint density at radius 3 is 1.64 bits per heavy atom. The number of hydrogen-bond donors (Lipinski definition) is 0. The number of aromatic nitrogens is 5. The molecule has 0 amide bonds. The molecule has 0 aliphatic rings. The van der Waals surface area contributed by atoms with Crippen molar-refractivity contribution in [3.05, 3.63) is 200 Å². The highest BCUT2D eigenvalue weighted by molar-refractivity contribution is 6.17. The van der Waals surface area contributed by atoms with Crippen molar-refractivity contribution >= 4 is 76.3 Å². The molecule has 13 rings (SSSR count). The fourth-order valence-corrected chi connectivity index (χ4v) is 9.37. The molecule has 0 fully saturated rings. The highest BCUT2D eigenvalue weighted by Crippen LogP contribution is 2.42. The zero-order valence-corrected chi connectivity index (χ0v) is 32.7. The molecule has 0 saturated carbocycles. The van der Waals surface area contributed by atoms with E-state index < -0.39 is 0 Å². The van der Waals surface area contributed by atoms with Crippen molar-refractivity contribution < 1.29 is 4.42 Å². The number of benzene rings is 9. The second-order valence-corrected chi connectivity index (χ2v) is 15.6. The molecule has 9 aromatic carbocycles. The average Bonchev–Trinajstić information content (AvgIpc) is 3.98. The molecule has 0 spiro atoms. The Morgan fingerprint density at radius 1 is 0.328 bits per heavy atom. The Hall–Kier alpha value is -8.35. The first-order valence-corrected chi connectivity index (χ1v) is 20.5. The summed E-state index contributed by atoms with van der Waals surface area (Å²) in [5.41, 5.74) is 10.8. The van der Waals surface area contributed by atoms with Crippen LogP contribution in [0, 0.1) is 0 Å². The van der Waals surface area contributed by atoms with Crippen LogP contribution in [0.15, 0.2) is 205 Å². The lowest BCUT2D eigenvalue weighted by molar-refractivity contribution is 0.669. The van der Waals surface area contributed by atoms with E-state index in [0.29, 0.717) is 17.5 Å². The molecule has 4 aromatic heterocycles. The van der Waals surface area contributed by atoms with Gasteiger partial charge in [-0.15, -0.1) is 0 Å². The van der Waals surface area contributed by atoms with E-state index in [-0.39, 0.29) is 0 Å². The number of para-hydroxylation sites is 4. The summed E-state index contributed by atoms with van der Waals surface area (Å²) in [4.78, 5) is 15.7. The predicted octanol–water partition coefficient (Wildman–Crippen LogP) is 14.1. The number of rotatable bonds is 5. The van der Waals surface area contributed by atoms with Gasteiger partial charge in [-0.05, 0) is 83.6 Å². The molecular formula is C55H33N5O. The van der Waals surface area contributed by atoms with E-state index in [4.69, 9.17) is 19.4 Å².